The Morgan fingerprint density at radius 2 is 2.06 bits per heavy atom. The molecule has 0 spiro atoms. The summed E-state index contributed by atoms with van der Waals surface area (Å²) in [5, 5.41) is 13.7. The molecule has 0 aliphatic carbocycles. The summed E-state index contributed by atoms with van der Waals surface area (Å²) in [6.45, 7) is 7.06. The SMILES string of the molecule is CCC(C)(C)NCC(O)COc1ccccc1Cl. The number of β-amino-alcohol motifs (C(OH)–C–C–N with tert-alkyl or cyclic N) is 1. The minimum Gasteiger partial charge on any atom is -0.489 e. The van der Waals surface area contributed by atoms with Gasteiger partial charge >= 0.3 is 0 Å². The van der Waals surface area contributed by atoms with Gasteiger partial charge in [-0.15, -0.1) is 0 Å². The first kappa shape index (κ1) is 15.3. The monoisotopic (exact) mass is 271 g/mol. The normalized spacial score (nSPS) is 13.4. The van der Waals surface area contributed by atoms with Gasteiger partial charge in [-0.3, -0.25) is 0 Å². The third-order valence-corrected chi connectivity index (χ3v) is 3.28. The average molecular weight is 272 g/mol. The van der Waals surface area contributed by atoms with Crippen molar-refractivity contribution in [2.45, 2.75) is 38.8 Å². The molecule has 0 aromatic heterocycles. The number of aliphatic hydroxyl groups is 1. The van der Waals surface area contributed by atoms with Crippen LogP contribution in [0.4, 0.5) is 0 Å². The van der Waals surface area contributed by atoms with E-state index in [1.165, 1.54) is 0 Å². The highest BCUT2D eigenvalue weighted by Gasteiger charge is 2.16. The number of halogens is 1. The summed E-state index contributed by atoms with van der Waals surface area (Å²) >= 11 is 5.96. The third-order valence-electron chi connectivity index (χ3n) is 2.97. The van der Waals surface area contributed by atoms with E-state index in [4.69, 9.17) is 16.3 Å². The first-order valence-electron chi connectivity index (χ1n) is 6.25. The fourth-order valence-corrected chi connectivity index (χ4v) is 1.52. The Morgan fingerprint density at radius 1 is 1.39 bits per heavy atom. The molecule has 0 saturated carbocycles. The van der Waals surface area contributed by atoms with Crippen molar-refractivity contribution in [1.82, 2.24) is 5.32 Å². The fourth-order valence-electron chi connectivity index (χ4n) is 1.33. The maximum Gasteiger partial charge on any atom is 0.138 e. The molecule has 0 heterocycles. The zero-order valence-electron chi connectivity index (χ0n) is 11.2. The van der Waals surface area contributed by atoms with Crippen LogP contribution in [0.2, 0.25) is 5.02 Å². The Hall–Kier alpha value is -0.770. The second-order valence-corrected chi connectivity index (χ2v) is 5.42. The molecule has 0 bridgehead atoms. The fraction of sp³-hybridized carbons (Fsp3) is 0.571. The van der Waals surface area contributed by atoms with Crippen molar-refractivity contribution in [3.05, 3.63) is 29.3 Å². The lowest BCUT2D eigenvalue weighted by Crippen LogP contribution is -2.44. The van der Waals surface area contributed by atoms with Crippen LogP contribution in [-0.2, 0) is 0 Å². The van der Waals surface area contributed by atoms with Crippen LogP contribution in [0.3, 0.4) is 0 Å². The van der Waals surface area contributed by atoms with Crippen molar-refractivity contribution in [3.8, 4) is 5.75 Å². The molecule has 1 rings (SSSR count). The van der Waals surface area contributed by atoms with Gasteiger partial charge in [0.15, 0.2) is 0 Å². The van der Waals surface area contributed by atoms with Crippen LogP contribution in [0.25, 0.3) is 0 Å². The number of aliphatic hydroxyl groups excluding tert-OH is 1. The van der Waals surface area contributed by atoms with Crippen molar-refractivity contribution in [2.24, 2.45) is 0 Å². The van der Waals surface area contributed by atoms with Gasteiger partial charge in [-0.05, 0) is 32.4 Å². The summed E-state index contributed by atoms with van der Waals surface area (Å²) in [6.07, 6.45) is 0.456. The molecule has 0 aliphatic heterocycles. The molecule has 1 unspecified atom stereocenters. The van der Waals surface area contributed by atoms with E-state index >= 15 is 0 Å². The van der Waals surface area contributed by atoms with Gasteiger partial charge in [-0.2, -0.15) is 0 Å². The summed E-state index contributed by atoms with van der Waals surface area (Å²) in [7, 11) is 0. The van der Waals surface area contributed by atoms with Crippen molar-refractivity contribution in [3.63, 3.8) is 0 Å². The van der Waals surface area contributed by atoms with Crippen LogP contribution in [0.1, 0.15) is 27.2 Å². The van der Waals surface area contributed by atoms with E-state index in [1.54, 1.807) is 12.1 Å². The summed E-state index contributed by atoms with van der Waals surface area (Å²) in [5.41, 5.74) is 0.0331. The molecule has 4 heteroatoms. The van der Waals surface area contributed by atoms with Gasteiger partial charge in [0.25, 0.3) is 0 Å². The number of nitrogens with one attached hydrogen (secondary N) is 1. The molecule has 3 nitrogen and oxygen atoms in total. The van der Waals surface area contributed by atoms with E-state index in [1.807, 2.05) is 12.1 Å². The number of hydrogen-bond acceptors (Lipinski definition) is 3. The van der Waals surface area contributed by atoms with E-state index in [9.17, 15) is 5.11 Å². The van der Waals surface area contributed by atoms with Gasteiger partial charge in [0.05, 0.1) is 5.02 Å². The first-order valence-corrected chi connectivity index (χ1v) is 6.63. The van der Waals surface area contributed by atoms with Crippen LogP contribution in [0.5, 0.6) is 5.75 Å². The zero-order chi connectivity index (χ0) is 13.6. The number of para-hydroxylation sites is 1. The maximum absolute atomic E-state index is 9.83. The van der Waals surface area contributed by atoms with Crippen LogP contribution >= 0.6 is 11.6 Å². The minimum atomic E-state index is -0.549. The molecule has 0 saturated heterocycles. The Morgan fingerprint density at radius 3 is 2.67 bits per heavy atom. The van der Waals surface area contributed by atoms with Gasteiger partial charge in [0.2, 0.25) is 0 Å². The van der Waals surface area contributed by atoms with Gasteiger partial charge in [-0.1, -0.05) is 30.7 Å². The quantitative estimate of drug-likeness (QED) is 0.801. The second-order valence-electron chi connectivity index (χ2n) is 5.01. The molecule has 18 heavy (non-hydrogen) atoms. The van der Waals surface area contributed by atoms with E-state index in [0.717, 1.165) is 6.42 Å². The lowest BCUT2D eigenvalue weighted by Gasteiger charge is -2.26. The Bertz CT molecular complexity index is 369. The standard InChI is InChI=1S/C14H22ClNO2/c1-4-14(2,3)16-9-11(17)10-18-13-8-6-5-7-12(13)15/h5-8,11,16-17H,4,9-10H2,1-3H3. The smallest absolute Gasteiger partial charge is 0.138 e. The predicted molar refractivity (Wildman–Crippen MR) is 75.3 cm³/mol. The Balaban J connectivity index is 2.34. The average Bonchev–Trinajstić information content (AvgIpc) is 2.35. The molecule has 102 valence electrons. The van der Waals surface area contributed by atoms with Gasteiger partial charge in [0.1, 0.15) is 18.5 Å². The zero-order valence-corrected chi connectivity index (χ0v) is 12.0. The van der Waals surface area contributed by atoms with Crippen LogP contribution in [0.15, 0.2) is 24.3 Å². The van der Waals surface area contributed by atoms with Crippen molar-refractivity contribution >= 4 is 11.6 Å². The second kappa shape index (κ2) is 6.98. The van der Waals surface area contributed by atoms with Crippen molar-refractivity contribution < 1.29 is 9.84 Å². The van der Waals surface area contributed by atoms with Crippen molar-refractivity contribution in [2.75, 3.05) is 13.2 Å². The molecule has 2 N–H and O–H groups in total. The van der Waals surface area contributed by atoms with Gasteiger partial charge in [-0.25, -0.2) is 0 Å². The van der Waals surface area contributed by atoms with Gasteiger partial charge < -0.3 is 15.2 Å². The molecule has 1 atom stereocenters. The largest absolute Gasteiger partial charge is 0.489 e. The summed E-state index contributed by atoms with van der Waals surface area (Å²) in [4.78, 5) is 0. The van der Waals surface area contributed by atoms with E-state index in [0.29, 0.717) is 17.3 Å². The summed E-state index contributed by atoms with van der Waals surface area (Å²) in [5.74, 6) is 0.605. The molecule has 0 amide bonds. The number of rotatable bonds is 7. The lowest BCUT2D eigenvalue weighted by atomic mass is 10.0. The predicted octanol–water partition coefficient (Wildman–Crippen LogP) is 2.86. The molecule has 0 radical (unpaired) electrons. The Labute approximate surface area is 114 Å². The highest BCUT2D eigenvalue weighted by atomic mass is 35.5. The number of benzene rings is 1. The first-order chi connectivity index (χ1) is 8.44. The van der Waals surface area contributed by atoms with Crippen LogP contribution < -0.4 is 10.1 Å². The van der Waals surface area contributed by atoms with E-state index in [-0.39, 0.29) is 12.1 Å². The van der Waals surface area contributed by atoms with E-state index in [2.05, 4.69) is 26.1 Å². The maximum atomic E-state index is 9.83. The highest BCUT2D eigenvalue weighted by molar-refractivity contribution is 6.32. The lowest BCUT2D eigenvalue weighted by molar-refractivity contribution is 0.0986. The molecular formula is C14H22ClNO2. The van der Waals surface area contributed by atoms with E-state index < -0.39 is 6.10 Å². The number of ether oxygens (including phenoxy) is 1. The Kier molecular flexibility index (Phi) is 5.93. The van der Waals surface area contributed by atoms with Crippen LogP contribution in [-0.4, -0.2) is 29.9 Å². The summed E-state index contributed by atoms with van der Waals surface area (Å²) in [6, 6.07) is 7.25. The molecule has 0 aliphatic rings. The van der Waals surface area contributed by atoms with Gasteiger partial charge in [0, 0.05) is 12.1 Å². The molecule has 0 fully saturated rings. The third kappa shape index (κ3) is 5.25. The molecular weight excluding hydrogens is 250 g/mol. The highest BCUT2D eigenvalue weighted by Crippen LogP contribution is 2.23. The van der Waals surface area contributed by atoms with Crippen LogP contribution in [0, 0.1) is 0 Å². The molecule has 1 aromatic carbocycles. The molecule has 1 aromatic rings. The number of hydrogen-bond donors (Lipinski definition) is 2. The topological polar surface area (TPSA) is 41.5 Å². The summed E-state index contributed by atoms with van der Waals surface area (Å²) < 4.78 is 5.48. The minimum absolute atomic E-state index is 0.0331. The van der Waals surface area contributed by atoms with Crippen molar-refractivity contribution in [1.29, 1.82) is 0 Å².